The smallest absolute Gasteiger partial charge is 0.343 e. The van der Waals surface area contributed by atoms with Crippen LogP contribution < -0.4 is 28.4 Å². The first-order valence-electron chi connectivity index (χ1n) is 19.7. The summed E-state index contributed by atoms with van der Waals surface area (Å²) in [5.74, 6) is 2.05. The zero-order chi connectivity index (χ0) is 43.8. The van der Waals surface area contributed by atoms with Crippen LogP contribution in [0.2, 0.25) is 0 Å². The SMILES string of the molecule is COc1ccc(C(C)c2ccc(OC(=O)c3ccc(Oc4ccc(C(=O)Oc5cccc(OC(=O)c6ccc(Oc7ccc(C(C)=O)cc7)cc6)c5)cc4)cc3)c(C)c2)cc1C. The lowest BCUT2D eigenvalue weighted by atomic mass is 9.91. The van der Waals surface area contributed by atoms with Gasteiger partial charge in [0.2, 0.25) is 0 Å². The highest BCUT2D eigenvalue weighted by Crippen LogP contribution is 2.32. The van der Waals surface area contributed by atoms with Gasteiger partial charge in [-0.25, -0.2) is 14.4 Å². The molecule has 0 spiro atoms. The van der Waals surface area contributed by atoms with Crippen LogP contribution in [0.4, 0.5) is 0 Å². The van der Waals surface area contributed by atoms with Gasteiger partial charge in [-0.2, -0.15) is 0 Å². The molecule has 310 valence electrons. The minimum Gasteiger partial charge on any atom is -0.496 e. The van der Waals surface area contributed by atoms with Gasteiger partial charge in [0, 0.05) is 17.5 Å². The number of hydrogen-bond donors (Lipinski definition) is 0. The predicted octanol–water partition coefficient (Wildman–Crippen LogP) is 11.9. The number of hydrogen-bond acceptors (Lipinski definition) is 10. The second-order valence-electron chi connectivity index (χ2n) is 14.5. The molecule has 0 bridgehead atoms. The van der Waals surface area contributed by atoms with Crippen molar-refractivity contribution in [1.29, 1.82) is 0 Å². The Morgan fingerprint density at radius 2 is 0.790 bits per heavy atom. The number of ether oxygens (including phenoxy) is 6. The van der Waals surface area contributed by atoms with E-state index >= 15 is 0 Å². The third-order valence-electron chi connectivity index (χ3n) is 10.0. The topological polar surface area (TPSA) is 124 Å². The summed E-state index contributed by atoms with van der Waals surface area (Å²) in [7, 11) is 1.66. The third kappa shape index (κ3) is 10.4. The van der Waals surface area contributed by atoms with Gasteiger partial charge in [-0.3, -0.25) is 4.79 Å². The van der Waals surface area contributed by atoms with Crippen molar-refractivity contribution >= 4 is 23.7 Å². The summed E-state index contributed by atoms with van der Waals surface area (Å²) in [5, 5.41) is 0. The molecule has 0 saturated carbocycles. The van der Waals surface area contributed by atoms with E-state index in [2.05, 4.69) is 19.1 Å². The number of methoxy groups -OCH3 is 1. The summed E-state index contributed by atoms with van der Waals surface area (Å²) in [6.07, 6.45) is 0. The number of esters is 3. The van der Waals surface area contributed by atoms with E-state index in [4.69, 9.17) is 28.4 Å². The van der Waals surface area contributed by atoms with Crippen LogP contribution in [0.15, 0.2) is 158 Å². The molecule has 1 unspecified atom stereocenters. The van der Waals surface area contributed by atoms with Crippen LogP contribution in [0.3, 0.4) is 0 Å². The standard InChI is InChI=1S/C52H42O10/c1-32-29-40(17-27-48(32)57-5)34(3)41-18-28-49(33(2)30-41)62-52(56)39-15-25-45(26-16-39)59-44-23-13-38(14-24-44)51(55)61-47-8-6-7-46(31-47)60-50(54)37-11-21-43(22-12-37)58-42-19-9-36(10-20-42)35(4)53/h6-31,34H,1-5H3. The fourth-order valence-corrected chi connectivity index (χ4v) is 6.52. The molecule has 0 fully saturated rings. The van der Waals surface area contributed by atoms with E-state index in [1.807, 2.05) is 38.1 Å². The average Bonchev–Trinajstić information content (AvgIpc) is 3.27. The fraction of sp³-hybridized carbons (Fsp3) is 0.115. The summed E-state index contributed by atoms with van der Waals surface area (Å²) in [6, 6.07) is 44.3. The number of Topliss-reactive ketones (excluding diaryl/α,β-unsaturated/α-hetero) is 1. The molecular weight excluding hydrogens is 785 g/mol. The summed E-state index contributed by atoms with van der Waals surface area (Å²) in [4.78, 5) is 50.4. The van der Waals surface area contributed by atoms with Gasteiger partial charge in [0.15, 0.2) is 5.78 Å². The van der Waals surface area contributed by atoms with Gasteiger partial charge < -0.3 is 28.4 Å². The summed E-state index contributed by atoms with van der Waals surface area (Å²) in [5.41, 5.74) is 5.67. The Bertz CT molecular complexity index is 2740. The second kappa shape index (κ2) is 18.9. The van der Waals surface area contributed by atoms with E-state index in [9.17, 15) is 19.2 Å². The van der Waals surface area contributed by atoms with Gasteiger partial charge in [-0.1, -0.05) is 37.3 Å². The van der Waals surface area contributed by atoms with Crippen LogP contribution in [0.25, 0.3) is 0 Å². The molecule has 0 radical (unpaired) electrons. The maximum atomic E-state index is 13.1. The van der Waals surface area contributed by atoms with E-state index in [0.29, 0.717) is 39.9 Å². The summed E-state index contributed by atoms with van der Waals surface area (Å²) >= 11 is 0. The van der Waals surface area contributed by atoms with Gasteiger partial charge in [-0.05, 0) is 164 Å². The third-order valence-corrected chi connectivity index (χ3v) is 10.0. The van der Waals surface area contributed by atoms with Crippen molar-refractivity contribution in [2.24, 2.45) is 0 Å². The van der Waals surface area contributed by atoms with Crippen LogP contribution in [-0.4, -0.2) is 30.8 Å². The van der Waals surface area contributed by atoms with Crippen LogP contribution in [0, 0.1) is 13.8 Å². The molecule has 0 aliphatic carbocycles. The Morgan fingerprint density at radius 1 is 0.419 bits per heavy atom. The number of aryl methyl sites for hydroxylation is 2. The van der Waals surface area contributed by atoms with Crippen molar-refractivity contribution in [2.75, 3.05) is 7.11 Å². The van der Waals surface area contributed by atoms with Crippen molar-refractivity contribution < 1.29 is 47.6 Å². The number of rotatable bonds is 14. The number of carbonyl (C=O) groups excluding carboxylic acids is 4. The molecule has 0 heterocycles. The van der Waals surface area contributed by atoms with E-state index < -0.39 is 17.9 Å². The Kier molecular flexibility index (Phi) is 12.9. The first kappa shape index (κ1) is 42.2. The Labute approximate surface area is 359 Å². The highest BCUT2D eigenvalue weighted by atomic mass is 16.5. The average molecular weight is 827 g/mol. The molecule has 62 heavy (non-hydrogen) atoms. The largest absolute Gasteiger partial charge is 0.496 e. The number of ketones is 1. The normalized spacial score (nSPS) is 11.2. The van der Waals surface area contributed by atoms with Crippen LogP contribution in [0.5, 0.6) is 46.0 Å². The zero-order valence-electron chi connectivity index (χ0n) is 34.7. The van der Waals surface area contributed by atoms with Gasteiger partial charge in [0.25, 0.3) is 0 Å². The number of benzene rings is 7. The molecule has 0 saturated heterocycles. The minimum absolute atomic E-state index is 0.0375. The predicted molar refractivity (Wildman–Crippen MR) is 234 cm³/mol. The zero-order valence-corrected chi connectivity index (χ0v) is 34.7. The second-order valence-corrected chi connectivity index (χ2v) is 14.5. The van der Waals surface area contributed by atoms with Gasteiger partial charge in [-0.15, -0.1) is 0 Å². The molecule has 1 atom stereocenters. The maximum absolute atomic E-state index is 13.1. The molecule has 7 aromatic rings. The highest BCUT2D eigenvalue weighted by Gasteiger charge is 2.17. The lowest BCUT2D eigenvalue weighted by Gasteiger charge is -2.16. The van der Waals surface area contributed by atoms with E-state index in [1.54, 1.807) is 122 Å². The molecule has 7 rings (SSSR count). The van der Waals surface area contributed by atoms with Crippen molar-refractivity contribution in [2.45, 2.75) is 33.6 Å². The lowest BCUT2D eigenvalue weighted by Crippen LogP contribution is -2.10. The Morgan fingerprint density at radius 3 is 1.16 bits per heavy atom. The Hall–Kier alpha value is -7.98. The minimum atomic E-state index is -0.624. The monoisotopic (exact) mass is 826 g/mol. The molecule has 10 nitrogen and oxygen atoms in total. The molecule has 0 aromatic heterocycles. The molecular formula is C52H42O10. The van der Waals surface area contributed by atoms with E-state index in [1.165, 1.54) is 13.0 Å². The molecule has 10 heteroatoms. The summed E-state index contributed by atoms with van der Waals surface area (Å²) in [6.45, 7) is 7.57. The molecule has 0 aliphatic rings. The van der Waals surface area contributed by atoms with Crippen molar-refractivity contribution in [1.82, 2.24) is 0 Å². The quantitative estimate of drug-likeness (QED) is 0.0594. The fourth-order valence-electron chi connectivity index (χ4n) is 6.52. The molecule has 7 aromatic carbocycles. The van der Waals surface area contributed by atoms with Crippen molar-refractivity contribution in [3.8, 4) is 46.0 Å². The first-order valence-corrected chi connectivity index (χ1v) is 19.7. The van der Waals surface area contributed by atoms with Crippen molar-refractivity contribution in [3.63, 3.8) is 0 Å². The van der Waals surface area contributed by atoms with Crippen LogP contribution in [-0.2, 0) is 0 Å². The van der Waals surface area contributed by atoms with Gasteiger partial charge >= 0.3 is 17.9 Å². The van der Waals surface area contributed by atoms with Gasteiger partial charge in [0.1, 0.15) is 46.0 Å². The van der Waals surface area contributed by atoms with Crippen LogP contribution in [0.1, 0.15) is 83.5 Å². The van der Waals surface area contributed by atoms with Crippen LogP contribution >= 0.6 is 0 Å². The molecule has 0 aliphatic heterocycles. The highest BCUT2D eigenvalue weighted by molar-refractivity contribution is 5.94. The maximum Gasteiger partial charge on any atom is 0.343 e. The van der Waals surface area contributed by atoms with E-state index in [0.717, 1.165) is 28.0 Å². The summed E-state index contributed by atoms with van der Waals surface area (Å²) < 4.78 is 34.0. The first-order chi connectivity index (χ1) is 29.9. The Balaban J connectivity index is 0.889. The van der Waals surface area contributed by atoms with E-state index in [-0.39, 0.29) is 34.3 Å². The lowest BCUT2D eigenvalue weighted by molar-refractivity contribution is 0.0719. The van der Waals surface area contributed by atoms with Gasteiger partial charge in [0.05, 0.1) is 23.8 Å². The molecule has 0 N–H and O–H groups in total. The molecule has 0 amide bonds. The van der Waals surface area contributed by atoms with Crippen molar-refractivity contribution in [3.05, 3.63) is 202 Å². The number of carbonyl (C=O) groups is 4.